The molecule has 0 aromatic carbocycles. The molecule has 0 aliphatic heterocycles. The van der Waals surface area contributed by atoms with Gasteiger partial charge in [-0.2, -0.15) is 0 Å². The number of hydrogen-bond donors (Lipinski definition) is 2. The Hall–Kier alpha value is -0.210. The fourth-order valence-electron chi connectivity index (χ4n) is 0.901. The van der Waals surface area contributed by atoms with Crippen molar-refractivity contribution >= 4 is 37.6 Å². The van der Waals surface area contributed by atoms with Crippen molar-refractivity contribution in [3.63, 3.8) is 0 Å². The van der Waals surface area contributed by atoms with Crippen molar-refractivity contribution in [2.45, 2.75) is 17.9 Å². The van der Waals surface area contributed by atoms with Crippen LogP contribution in [0.3, 0.4) is 0 Å². The third-order valence-corrected chi connectivity index (χ3v) is 3.92. The van der Waals surface area contributed by atoms with Gasteiger partial charge in [-0.05, 0) is 28.9 Å². The lowest BCUT2D eigenvalue weighted by Gasteiger charge is -2.09. The summed E-state index contributed by atoms with van der Waals surface area (Å²) in [6.07, 6.45) is 0.629. The topological polar surface area (TPSA) is 79.3 Å². The number of aliphatic hydroxyl groups excluding tert-OH is 1. The van der Waals surface area contributed by atoms with Gasteiger partial charge in [-0.25, -0.2) is 18.1 Å². The van der Waals surface area contributed by atoms with Crippen LogP contribution in [0.25, 0.3) is 0 Å². The van der Waals surface area contributed by atoms with Crippen LogP contribution in [-0.2, 0) is 10.0 Å². The molecule has 1 atom stereocenters. The van der Waals surface area contributed by atoms with Crippen molar-refractivity contribution in [2.24, 2.45) is 0 Å². The molecule has 1 heterocycles. The Morgan fingerprint density at radius 2 is 2.31 bits per heavy atom. The number of pyridine rings is 1. The number of rotatable bonds is 4. The Balaban J connectivity index is 3.02. The minimum atomic E-state index is -3.74. The molecular weight excluding hydrogens is 320 g/mol. The second kappa shape index (κ2) is 5.42. The van der Waals surface area contributed by atoms with Gasteiger partial charge in [-0.15, -0.1) is 0 Å². The maximum Gasteiger partial charge on any atom is 0.243 e. The molecule has 0 radical (unpaired) electrons. The van der Waals surface area contributed by atoms with Crippen LogP contribution in [0, 0.1) is 0 Å². The first-order valence-electron chi connectivity index (χ1n) is 4.31. The largest absolute Gasteiger partial charge is 0.392 e. The maximum atomic E-state index is 11.7. The summed E-state index contributed by atoms with van der Waals surface area (Å²) < 4.78 is 26.2. The van der Waals surface area contributed by atoms with E-state index in [-0.39, 0.29) is 16.6 Å². The van der Waals surface area contributed by atoms with E-state index in [1.54, 1.807) is 0 Å². The van der Waals surface area contributed by atoms with E-state index in [0.29, 0.717) is 4.47 Å². The zero-order chi connectivity index (χ0) is 12.3. The van der Waals surface area contributed by atoms with Crippen molar-refractivity contribution in [1.29, 1.82) is 0 Å². The summed E-state index contributed by atoms with van der Waals surface area (Å²) in [5, 5.41) is 8.89. The number of hydrogen-bond acceptors (Lipinski definition) is 4. The van der Waals surface area contributed by atoms with Crippen LogP contribution >= 0.6 is 27.5 Å². The van der Waals surface area contributed by atoms with Crippen LogP contribution in [0.1, 0.15) is 6.92 Å². The highest BCUT2D eigenvalue weighted by molar-refractivity contribution is 9.10. The molecule has 90 valence electrons. The average molecular weight is 330 g/mol. The van der Waals surface area contributed by atoms with Crippen LogP contribution in [0.2, 0.25) is 5.15 Å². The quantitative estimate of drug-likeness (QED) is 0.812. The van der Waals surface area contributed by atoms with Gasteiger partial charge < -0.3 is 5.11 Å². The maximum absolute atomic E-state index is 11.7. The smallest absolute Gasteiger partial charge is 0.243 e. The second-order valence-corrected chi connectivity index (χ2v) is 6.15. The van der Waals surface area contributed by atoms with Gasteiger partial charge >= 0.3 is 0 Å². The molecule has 0 spiro atoms. The summed E-state index contributed by atoms with van der Waals surface area (Å²) in [6.45, 7) is 1.40. The number of halogens is 2. The first kappa shape index (κ1) is 13.9. The number of nitrogens with zero attached hydrogens (tertiary/aromatic N) is 1. The number of aliphatic hydroxyl groups is 1. The fraction of sp³-hybridized carbons (Fsp3) is 0.375. The molecule has 16 heavy (non-hydrogen) atoms. The Labute approximate surface area is 107 Å². The van der Waals surface area contributed by atoms with Crippen molar-refractivity contribution in [1.82, 2.24) is 9.71 Å². The van der Waals surface area contributed by atoms with Crippen LogP contribution in [-0.4, -0.2) is 31.2 Å². The molecule has 0 aliphatic carbocycles. The Morgan fingerprint density at radius 1 is 1.69 bits per heavy atom. The summed E-state index contributed by atoms with van der Waals surface area (Å²) in [5.74, 6) is 0. The first-order valence-corrected chi connectivity index (χ1v) is 6.97. The third kappa shape index (κ3) is 3.67. The minimum absolute atomic E-state index is 0.0782. The predicted octanol–water partition coefficient (Wildman–Crippen LogP) is 1.16. The monoisotopic (exact) mass is 328 g/mol. The van der Waals surface area contributed by atoms with Crippen molar-refractivity contribution in [3.8, 4) is 0 Å². The van der Waals surface area contributed by atoms with E-state index in [1.165, 1.54) is 19.2 Å². The van der Waals surface area contributed by atoms with E-state index in [4.69, 9.17) is 16.7 Å². The van der Waals surface area contributed by atoms with E-state index in [0.717, 1.165) is 0 Å². The molecule has 1 aromatic rings. The molecule has 0 aliphatic rings. The number of aromatic nitrogens is 1. The highest BCUT2D eigenvalue weighted by atomic mass is 79.9. The Kier molecular flexibility index (Phi) is 4.69. The molecule has 0 amide bonds. The summed E-state index contributed by atoms with van der Waals surface area (Å²) in [4.78, 5) is 3.59. The molecule has 0 saturated carbocycles. The highest BCUT2D eigenvalue weighted by Gasteiger charge is 2.19. The van der Waals surface area contributed by atoms with Gasteiger partial charge in [0.1, 0.15) is 10.0 Å². The van der Waals surface area contributed by atoms with Gasteiger partial charge in [0, 0.05) is 17.2 Å². The lowest BCUT2D eigenvalue weighted by atomic mass is 10.4. The number of nitrogens with one attached hydrogen (secondary N) is 1. The van der Waals surface area contributed by atoms with E-state index in [9.17, 15) is 8.42 Å². The van der Waals surface area contributed by atoms with Crippen molar-refractivity contribution in [2.75, 3.05) is 6.54 Å². The van der Waals surface area contributed by atoms with E-state index >= 15 is 0 Å². The van der Waals surface area contributed by atoms with Gasteiger partial charge in [0.25, 0.3) is 0 Å². The van der Waals surface area contributed by atoms with Gasteiger partial charge in [-0.1, -0.05) is 11.6 Å². The molecule has 0 bridgehead atoms. The molecule has 0 saturated heterocycles. The molecule has 8 heteroatoms. The first-order chi connectivity index (χ1) is 7.33. The zero-order valence-corrected chi connectivity index (χ0v) is 11.5. The number of sulfonamides is 1. The van der Waals surface area contributed by atoms with Crippen LogP contribution < -0.4 is 4.72 Å². The van der Waals surface area contributed by atoms with Crippen LogP contribution in [0.15, 0.2) is 21.6 Å². The third-order valence-electron chi connectivity index (χ3n) is 1.63. The van der Waals surface area contributed by atoms with E-state index in [1.807, 2.05) is 0 Å². The molecule has 5 nitrogen and oxygen atoms in total. The highest BCUT2D eigenvalue weighted by Crippen LogP contribution is 2.22. The van der Waals surface area contributed by atoms with E-state index in [2.05, 4.69) is 25.6 Å². The summed E-state index contributed by atoms with van der Waals surface area (Å²) >= 11 is 8.79. The average Bonchev–Trinajstić information content (AvgIpc) is 2.19. The standard InChI is InChI=1S/C8H10BrClN2O3S/c1-5(13)3-12-16(14,15)7-2-6(9)4-11-8(7)10/h2,4-5,12-13H,3H2,1H3. The SMILES string of the molecule is CC(O)CNS(=O)(=O)c1cc(Br)cnc1Cl. The summed E-state index contributed by atoms with van der Waals surface area (Å²) in [7, 11) is -3.74. The predicted molar refractivity (Wildman–Crippen MR) is 63.8 cm³/mol. The molecule has 1 unspecified atom stereocenters. The minimum Gasteiger partial charge on any atom is -0.392 e. The van der Waals surface area contributed by atoms with Gasteiger partial charge in [0.2, 0.25) is 10.0 Å². The molecule has 1 rings (SSSR count). The van der Waals surface area contributed by atoms with Crippen molar-refractivity contribution < 1.29 is 13.5 Å². The summed E-state index contributed by atoms with van der Waals surface area (Å²) in [6, 6.07) is 1.35. The van der Waals surface area contributed by atoms with Gasteiger partial charge in [-0.3, -0.25) is 0 Å². The Morgan fingerprint density at radius 3 is 2.88 bits per heavy atom. The molecule has 0 fully saturated rings. The molecule has 2 N–H and O–H groups in total. The van der Waals surface area contributed by atoms with Crippen LogP contribution in [0.5, 0.6) is 0 Å². The fourth-order valence-corrected chi connectivity index (χ4v) is 2.96. The molecular formula is C8H10BrClN2O3S. The molecule has 1 aromatic heterocycles. The van der Waals surface area contributed by atoms with Crippen LogP contribution in [0.4, 0.5) is 0 Å². The van der Waals surface area contributed by atoms with Gasteiger partial charge in [0.05, 0.1) is 6.10 Å². The normalized spacial score (nSPS) is 13.8. The second-order valence-electron chi connectivity index (χ2n) is 3.14. The zero-order valence-electron chi connectivity index (χ0n) is 8.31. The van der Waals surface area contributed by atoms with Crippen molar-refractivity contribution in [3.05, 3.63) is 21.9 Å². The summed E-state index contributed by atoms with van der Waals surface area (Å²) in [5.41, 5.74) is 0. The lowest BCUT2D eigenvalue weighted by molar-refractivity contribution is 0.198. The van der Waals surface area contributed by atoms with Gasteiger partial charge in [0.15, 0.2) is 0 Å². The van der Waals surface area contributed by atoms with E-state index < -0.39 is 16.1 Å². The lowest BCUT2D eigenvalue weighted by Crippen LogP contribution is -2.30. The Bertz CT molecular complexity index is 478.